The molecule has 28 heavy (non-hydrogen) atoms. The number of carbonyl (C=O) groups excluding carboxylic acids is 1. The third-order valence-corrected chi connectivity index (χ3v) is 4.80. The molecule has 0 fully saturated rings. The maximum absolute atomic E-state index is 13.0. The van der Waals surface area contributed by atoms with Gasteiger partial charge in [0.2, 0.25) is 0 Å². The van der Waals surface area contributed by atoms with Gasteiger partial charge in [-0.1, -0.05) is 39.8 Å². The molecule has 0 aliphatic rings. The number of methoxy groups -OCH3 is 1. The van der Waals surface area contributed by atoms with Gasteiger partial charge in [0, 0.05) is 23.1 Å². The summed E-state index contributed by atoms with van der Waals surface area (Å²) in [5, 5.41) is 7.71. The molecule has 3 rings (SSSR count). The summed E-state index contributed by atoms with van der Waals surface area (Å²) in [6, 6.07) is 11.5. The molecule has 0 spiro atoms. The molecule has 0 saturated carbocycles. The van der Waals surface area contributed by atoms with Gasteiger partial charge < -0.3 is 10.1 Å². The Hall–Kier alpha value is -2.89. The second-order valence-corrected chi connectivity index (χ2v) is 8.06. The smallest absolute Gasteiger partial charge is 0.270 e. The Bertz CT molecular complexity index is 1000. The molecule has 3 aromatic rings. The fourth-order valence-electron chi connectivity index (χ4n) is 2.90. The number of rotatable bonds is 5. The van der Waals surface area contributed by atoms with Gasteiger partial charge in [-0.25, -0.2) is 9.50 Å². The van der Waals surface area contributed by atoms with Crippen LogP contribution in [-0.4, -0.2) is 33.7 Å². The van der Waals surface area contributed by atoms with Crippen molar-refractivity contribution in [2.45, 2.75) is 52.5 Å². The molecule has 1 amide bonds. The van der Waals surface area contributed by atoms with Crippen LogP contribution in [0.1, 0.15) is 57.2 Å². The van der Waals surface area contributed by atoms with E-state index in [2.05, 4.69) is 31.2 Å². The van der Waals surface area contributed by atoms with Crippen molar-refractivity contribution in [1.29, 1.82) is 0 Å². The predicted molar refractivity (Wildman–Crippen MR) is 111 cm³/mol. The van der Waals surface area contributed by atoms with E-state index in [0.29, 0.717) is 22.8 Å². The number of hydrogen-bond donors (Lipinski definition) is 1. The lowest BCUT2D eigenvalue weighted by molar-refractivity contribution is 0.0931. The zero-order chi connectivity index (χ0) is 20.5. The zero-order valence-corrected chi connectivity index (χ0v) is 17.4. The minimum Gasteiger partial charge on any atom is -0.496 e. The summed E-state index contributed by atoms with van der Waals surface area (Å²) in [6.07, 6.45) is 0.853. The summed E-state index contributed by atoms with van der Waals surface area (Å²) in [5.41, 5.74) is 3.35. The average Bonchev–Trinajstić information content (AvgIpc) is 3.11. The molecule has 0 aliphatic heterocycles. The second-order valence-electron chi connectivity index (χ2n) is 8.06. The minimum atomic E-state index is -0.165. The molecular formula is C22H28N4O2. The summed E-state index contributed by atoms with van der Waals surface area (Å²) in [7, 11) is 1.63. The number of ether oxygens (including phenoxy) is 1. The van der Waals surface area contributed by atoms with E-state index in [0.717, 1.165) is 17.7 Å². The van der Waals surface area contributed by atoms with Gasteiger partial charge in [-0.15, -0.1) is 0 Å². The largest absolute Gasteiger partial charge is 0.496 e. The molecule has 2 aromatic heterocycles. The van der Waals surface area contributed by atoms with Crippen molar-refractivity contribution >= 4 is 11.6 Å². The summed E-state index contributed by atoms with van der Waals surface area (Å²) in [5.74, 6) is 0.546. The topological polar surface area (TPSA) is 68.5 Å². The Morgan fingerprint density at radius 3 is 2.61 bits per heavy atom. The van der Waals surface area contributed by atoms with Crippen LogP contribution in [0.25, 0.3) is 16.9 Å². The van der Waals surface area contributed by atoms with Crippen molar-refractivity contribution in [2.75, 3.05) is 7.11 Å². The Kier molecular flexibility index (Phi) is 5.40. The molecule has 1 N–H and O–H groups in total. The molecule has 6 heteroatoms. The average molecular weight is 380 g/mol. The number of amides is 1. The Labute approximate surface area is 165 Å². The first kappa shape index (κ1) is 19.9. The fraction of sp³-hybridized carbons (Fsp3) is 0.409. The number of nitrogens with zero attached hydrogens (tertiary/aromatic N) is 3. The van der Waals surface area contributed by atoms with Crippen molar-refractivity contribution in [3.8, 4) is 17.0 Å². The van der Waals surface area contributed by atoms with E-state index in [1.807, 2.05) is 44.2 Å². The highest BCUT2D eigenvalue weighted by atomic mass is 16.5. The molecule has 0 radical (unpaired) electrons. The molecule has 2 heterocycles. The number of fused-ring (bicyclic) bond motifs is 1. The van der Waals surface area contributed by atoms with Gasteiger partial charge in [0.15, 0.2) is 5.65 Å². The fourth-order valence-corrected chi connectivity index (χ4v) is 2.90. The second kappa shape index (κ2) is 7.62. The maximum Gasteiger partial charge on any atom is 0.270 e. The Balaban J connectivity index is 2.23. The van der Waals surface area contributed by atoms with E-state index in [-0.39, 0.29) is 17.4 Å². The van der Waals surface area contributed by atoms with Gasteiger partial charge in [-0.2, -0.15) is 5.10 Å². The van der Waals surface area contributed by atoms with Crippen molar-refractivity contribution in [2.24, 2.45) is 0 Å². The molecule has 1 unspecified atom stereocenters. The SMILES string of the molecule is CCC(C)NC(=O)c1cc(-c2ccccc2OC)nc2cc(C(C)(C)C)nn12. The lowest BCUT2D eigenvalue weighted by Gasteiger charge is -2.15. The summed E-state index contributed by atoms with van der Waals surface area (Å²) >= 11 is 0. The van der Waals surface area contributed by atoms with Crippen LogP contribution in [0.3, 0.4) is 0 Å². The van der Waals surface area contributed by atoms with Gasteiger partial charge in [0.1, 0.15) is 11.4 Å². The normalized spacial score (nSPS) is 12.8. The van der Waals surface area contributed by atoms with Crippen LogP contribution in [0, 0.1) is 0 Å². The number of hydrogen-bond acceptors (Lipinski definition) is 4. The maximum atomic E-state index is 13.0. The lowest BCUT2D eigenvalue weighted by Crippen LogP contribution is -2.33. The number of carbonyl (C=O) groups is 1. The van der Waals surface area contributed by atoms with Crippen LogP contribution in [0.4, 0.5) is 0 Å². The molecule has 6 nitrogen and oxygen atoms in total. The first-order valence-electron chi connectivity index (χ1n) is 9.60. The number of aromatic nitrogens is 3. The van der Waals surface area contributed by atoms with E-state index >= 15 is 0 Å². The molecule has 0 aliphatic carbocycles. The summed E-state index contributed by atoms with van der Waals surface area (Å²) in [4.78, 5) is 17.8. The first-order valence-corrected chi connectivity index (χ1v) is 9.60. The molecule has 1 aromatic carbocycles. The highest BCUT2D eigenvalue weighted by Crippen LogP contribution is 2.30. The van der Waals surface area contributed by atoms with Crippen LogP contribution < -0.4 is 10.1 Å². The van der Waals surface area contributed by atoms with Crippen LogP contribution in [0.5, 0.6) is 5.75 Å². The number of para-hydroxylation sites is 1. The quantitative estimate of drug-likeness (QED) is 0.719. The predicted octanol–water partition coefficient (Wildman–Crippen LogP) is 4.23. The van der Waals surface area contributed by atoms with Gasteiger partial charge in [-0.05, 0) is 31.5 Å². The minimum absolute atomic E-state index is 0.0723. The van der Waals surface area contributed by atoms with Crippen molar-refractivity contribution < 1.29 is 9.53 Å². The Morgan fingerprint density at radius 1 is 1.25 bits per heavy atom. The van der Waals surface area contributed by atoms with Crippen LogP contribution in [-0.2, 0) is 5.41 Å². The highest BCUT2D eigenvalue weighted by Gasteiger charge is 2.23. The molecular weight excluding hydrogens is 352 g/mol. The third-order valence-electron chi connectivity index (χ3n) is 4.80. The van der Waals surface area contributed by atoms with Crippen molar-refractivity contribution in [3.05, 3.63) is 47.8 Å². The summed E-state index contributed by atoms with van der Waals surface area (Å²) in [6.45, 7) is 10.3. The van der Waals surface area contributed by atoms with Gasteiger partial charge in [0.05, 0.1) is 18.5 Å². The molecule has 1 atom stereocenters. The van der Waals surface area contributed by atoms with E-state index < -0.39 is 0 Å². The third kappa shape index (κ3) is 3.86. The molecule has 0 bridgehead atoms. The monoisotopic (exact) mass is 380 g/mol. The molecule has 0 saturated heterocycles. The van der Waals surface area contributed by atoms with Crippen LogP contribution in [0.2, 0.25) is 0 Å². The van der Waals surface area contributed by atoms with E-state index in [9.17, 15) is 4.79 Å². The summed E-state index contributed by atoms with van der Waals surface area (Å²) < 4.78 is 7.13. The number of benzene rings is 1. The van der Waals surface area contributed by atoms with Gasteiger partial charge in [0.25, 0.3) is 5.91 Å². The van der Waals surface area contributed by atoms with Crippen molar-refractivity contribution in [1.82, 2.24) is 19.9 Å². The van der Waals surface area contributed by atoms with E-state index in [1.165, 1.54) is 0 Å². The highest BCUT2D eigenvalue weighted by molar-refractivity contribution is 5.94. The lowest BCUT2D eigenvalue weighted by atomic mass is 9.93. The Morgan fingerprint density at radius 2 is 1.96 bits per heavy atom. The van der Waals surface area contributed by atoms with Gasteiger partial charge >= 0.3 is 0 Å². The standard InChI is InChI=1S/C22H28N4O2/c1-7-14(2)23-21(27)17-12-16(15-10-8-9-11-18(15)28-6)24-20-13-19(22(3,4)5)25-26(17)20/h8-14H,7H2,1-6H3,(H,23,27). The van der Waals surface area contributed by atoms with Crippen LogP contribution >= 0.6 is 0 Å². The van der Waals surface area contributed by atoms with Gasteiger partial charge in [-0.3, -0.25) is 4.79 Å². The first-order chi connectivity index (χ1) is 13.2. The van der Waals surface area contributed by atoms with Crippen LogP contribution in [0.15, 0.2) is 36.4 Å². The zero-order valence-electron chi connectivity index (χ0n) is 17.4. The van der Waals surface area contributed by atoms with Crippen molar-refractivity contribution in [3.63, 3.8) is 0 Å². The van der Waals surface area contributed by atoms with E-state index in [4.69, 9.17) is 9.72 Å². The number of nitrogens with one attached hydrogen (secondary N) is 1. The molecule has 148 valence electrons. The van der Waals surface area contributed by atoms with E-state index in [1.54, 1.807) is 17.7 Å².